The molecule has 0 unspecified atom stereocenters. The van der Waals surface area contributed by atoms with Gasteiger partial charge in [-0.2, -0.15) is 0 Å². The molecule has 0 saturated heterocycles. The summed E-state index contributed by atoms with van der Waals surface area (Å²) in [6.45, 7) is 5.75. The summed E-state index contributed by atoms with van der Waals surface area (Å²) in [6.07, 6.45) is 0. The Morgan fingerprint density at radius 1 is 0.926 bits per heavy atom. The van der Waals surface area contributed by atoms with E-state index in [2.05, 4.69) is 6.58 Å². The molecule has 0 saturated carbocycles. The van der Waals surface area contributed by atoms with E-state index in [0.717, 1.165) is 18.2 Å². The van der Waals surface area contributed by atoms with Crippen LogP contribution >= 0.6 is 0 Å². The molecule has 4 N–H and O–H groups in total. The van der Waals surface area contributed by atoms with E-state index >= 15 is 0 Å². The summed E-state index contributed by atoms with van der Waals surface area (Å²) in [4.78, 5) is 42.5. The molecule has 0 radical (unpaired) electrons. The molecule has 0 amide bonds. The Morgan fingerprint density at radius 3 is 1.96 bits per heavy atom. The second-order valence-corrected chi connectivity index (χ2v) is 4.93. The monoisotopic (exact) mass is 384 g/mol. The van der Waals surface area contributed by atoms with E-state index in [-0.39, 0.29) is 25.4 Å². The van der Waals surface area contributed by atoms with Gasteiger partial charge in [0.2, 0.25) is 0 Å². The Labute approximate surface area is 154 Å². The van der Waals surface area contributed by atoms with E-state index < -0.39 is 35.0 Å². The number of rotatable bonds is 9. The number of aromatic carboxylic acids is 3. The topological polar surface area (TPSA) is 168 Å². The van der Waals surface area contributed by atoms with Gasteiger partial charge in [-0.25, -0.2) is 19.2 Å². The predicted octanol–water partition coefficient (Wildman–Crippen LogP) is 0.896. The Hall–Kier alpha value is -3.24. The number of carbonyl (C=O) groups is 4. The van der Waals surface area contributed by atoms with Crippen LogP contribution in [-0.4, -0.2) is 70.7 Å². The maximum absolute atomic E-state index is 10.7. The zero-order chi connectivity index (χ0) is 21.0. The normalized spacial score (nSPS) is 9.56. The molecule has 10 nitrogen and oxygen atoms in total. The largest absolute Gasteiger partial charge is 0.478 e. The number of carbonyl (C=O) groups excluding carboxylic acids is 1. The molecular formula is C17H20O10. The van der Waals surface area contributed by atoms with E-state index in [1.54, 1.807) is 6.92 Å². The van der Waals surface area contributed by atoms with Gasteiger partial charge in [0.05, 0.1) is 36.5 Å². The molecule has 0 aliphatic rings. The van der Waals surface area contributed by atoms with Crippen LogP contribution in [0, 0.1) is 0 Å². The van der Waals surface area contributed by atoms with Gasteiger partial charge < -0.3 is 29.9 Å². The molecule has 148 valence electrons. The first kappa shape index (κ1) is 23.8. The number of hydrogen-bond donors (Lipinski definition) is 4. The van der Waals surface area contributed by atoms with Crippen molar-refractivity contribution in [1.29, 1.82) is 0 Å². The van der Waals surface area contributed by atoms with Crippen molar-refractivity contribution in [2.24, 2.45) is 0 Å². The van der Waals surface area contributed by atoms with Crippen LogP contribution in [0.3, 0.4) is 0 Å². The van der Waals surface area contributed by atoms with Gasteiger partial charge in [-0.05, 0) is 25.1 Å². The number of aliphatic hydroxyl groups is 1. The van der Waals surface area contributed by atoms with Crippen LogP contribution in [0.5, 0.6) is 0 Å². The molecule has 0 atom stereocenters. The number of carboxylic acids is 3. The number of benzene rings is 1. The van der Waals surface area contributed by atoms with Crippen molar-refractivity contribution in [3.05, 3.63) is 47.0 Å². The summed E-state index contributed by atoms with van der Waals surface area (Å²) in [7, 11) is 0. The van der Waals surface area contributed by atoms with Gasteiger partial charge in [-0.15, -0.1) is 0 Å². The highest BCUT2D eigenvalue weighted by molar-refractivity contribution is 6.03. The summed E-state index contributed by atoms with van der Waals surface area (Å²) in [5, 5.41) is 34.2. The maximum Gasteiger partial charge on any atom is 0.336 e. The lowest BCUT2D eigenvalue weighted by Gasteiger charge is -2.03. The fourth-order valence-corrected chi connectivity index (χ4v) is 1.52. The van der Waals surface area contributed by atoms with E-state index in [1.165, 1.54) is 0 Å². The fraction of sp³-hybridized carbons (Fsp3) is 0.294. The quantitative estimate of drug-likeness (QED) is 0.273. The predicted molar refractivity (Wildman–Crippen MR) is 91.0 cm³/mol. The van der Waals surface area contributed by atoms with Crippen molar-refractivity contribution in [3.63, 3.8) is 0 Å². The zero-order valence-corrected chi connectivity index (χ0v) is 14.5. The Balaban J connectivity index is 0.000000516. The van der Waals surface area contributed by atoms with Crippen LogP contribution in [0.2, 0.25) is 0 Å². The first-order chi connectivity index (χ1) is 12.6. The Morgan fingerprint density at radius 2 is 1.52 bits per heavy atom. The van der Waals surface area contributed by atoms with Crippen molar-refractivity contribution in [2.75, 3.05) is 26.4 Å². The van der Waals surface area contributed by atoms with Crippen molar-refractivity contribution in [1.82, 2.24) is 0 Å². The molecule has 1 aromatic carbocycles. The van der Waals surface area contributed by atoms with Crippen LogP contribution in [0.25, 0.3) is 0 Å². The highest BCUT2D eigenvalue weighted by Crippen LogP contribution is 2.12. The van der Waals surface area contributed by atoms with Gasteiger partial charge >= 0.3 is 23.9 Å². The van der Waals surface area contributed by atoms with Gasteiger partial charge in [0.25, 0.3) is 0 Å². The molecule has 0 fully saturated rings. The van der Waals surface area contributed by atoms with Crippen molar-refractivity contribution < 1.29 is 49.1 Å². The molecule has 27 heavy (non-hydrogen) atoms. The van der Waals surface area contributed by atoms with Gasteiger partial charge in [0.1, 0.15) is 6.61 Å². The van der Waals surface area contributed by atoms with E-state index in [9.17, 15) is 19.2 Å². The molecule has 1 aromatic rings. The third kappa shape index (κ3) is 9.14. The number of carboxylic acid groups (broad SMARTS) is 3. The zero-order valence-electron chi connectivity index (χ0n) is 14.5. The molecular weight excluding hydrogens is 364 g/mol. The highest BCUT2D eigenvalue weighted by Gasteiger charge is 2.17. The first-order valence-electron chi connectivity index (χ1n) is 7.47. The molecule has 0 aliphatic carbocycles. The third-order valence-electron chi connectivity index (χ3n) is 2.77. The summed E-state index contributed by atoms with van der Waals surface area (Å²) < 4.78 is 9.56. The van der Waals surface area contributed by atoms with E-state index in [1.807, 2.05) is 0 Å². The molecule has 1 rings (SSSR count). The van der Waals surface area contributed by atoms with Gasteiger partial charge in [-0.1, -0.05) is 6.58 Å². The second-order valence-electron chi connectivity index (χ2n) is 4.93. The molecule has 0 aliphatic heterocycles. The lowest BCUT2D eigenvalue weighted by atomic mass is 10.0. The minimum absolute atomic E-state index is 0.0194. The average molecular weight is 384 g/mol. The summed E-state index contributed by atoms with van der Waals surface area (Å²) in [5.41, 5.74) is -0.871. The maximum atomic E-state index is 10.7. The van der Waals surface area contributed by atoms with E-state index in [0.29, 0.717) is 12.2 Å². The second kappa shape index (κ2) is 12.2. The molecule has 0 aromatic heterocycles. The van der Waals surface area contributed by atoms with Crippen molar-refractivity contribution >= 4 is 23.9 Å². The lowest BCUT2D eigenvalue weighted by molar-refractivity contribution is -0.140. The Kier molecular flexibility index (Phi) is 10.7. The van der Waals surface area contributed by atoms with Crippen LogP contribution in [-0.2, 0) is 14.3 Å². The Bertz CT molecular complexity index is 708. The SMILES string of the molecule is C=C(C)C(=O)OCCOCCO.O=C(O)c1ccc(C(=O)O)c(C(=O)O)c1. The molecule has 0 heterocycles. The average Bonchev–Trinajstić information content (AvgIpc) is 2.61. The third-order valence-corrected chi connectivity index (χ3v) is 2.77. The number of aliphatic hydroxyl groups excluding tert-OH is 1. The number of esters is 1. The fourth-order valence-electron chi connectivity index (χ4n) is 1.52. The molecule has 10 heteroatoms. The van der Waals surface area contributed by atoms with Gasteiger partial charge in [-0.3, -0.25) is 0 Å². The minimum atomic E-state index is -1.48. The molecule has 0 bridgehead atoms. The molecule has 0 spiro atoms. The minimum Gasteiger partial charge on any atom is -0.478 e. The van der Waals surface area contributed by atoms with Crippen LogP contribution in [0.1, 0.15) is 38.0 Å². The number of ether oxygens (including phenoxy) is 2. The van der Waals surface area contributed by atoms with E-state index in [4.69, 9.17) is 29.9 Å². The summed E-state index contributed by atoms with van der Waals surface area (Å²) in [6, 6.07) is 2.81. The lowest BCUT2D eigenvalue weighted by Crippen LogP contribution is -2.12. The smallest absolute Gasteiger partial charge is 0.336 e. The summed E-state index contributed by atoms with van der Waals surface area (Å²) >= 11 is 0. The number of hydrogen-bond acceptors (Lipinski definition) is 7. The summed E-state index contributed by atoms with van der Waals surface area (Å²) in [5.74, 6) is -4.61. The standard InChI is InChI=1S/C9H6O6.C8H14O4/c10-7(11)4-1-2-5(8(12)13)6(3-4)9(14)15;1-7(2)8(10)12-6-5-11-4-3-9/h1-3H,(H,10,11)(H,12,13)(H,14,15);9H,1,3-6H2,2H3. The van der Waals surface area contributed by atoms with Crippen LogP contribution in [0.4, 0.5) is 0 Å². The van der Waals surface area contributed by atoms with Gasteiger partial charge in [0.15, 0.2) is 0 Å². The van der Waals surface area contributed by atoms with Crippen molar-refractivity contribution in [2.45, 2.75) is 6.92 Å². The van der Waals surface area contributed by atoms with Crippen molar-refractivity contribution in [3.8, 4) is 0 Å². The van der Waals surface area contributed by atoms with Gasteiger partial charge in [0, 0.05) is 5.57 Å². The first-order valence-corrected chi connectivity index (χ1v) is 7.47. The highest BCUT2D eigenvalue weighted by atomic mass is 16.6. The van der Waals surface area contributed by atoms with Crippen LogP contribution in [0.15, 0.2) is 30.4 Å². The van der Waals surface area contributed by atoms with Crippen LogP contribution < -0.4 is 0 Å².